The van der Waals surface area contributed by atoms with Crippen molar-refractivity contribution in [2.45, 2.75) is 90.1 Å². The van der Waals surface area contributed by atoms with E-state index >= 15 is 0 Å². The van der Waals surface area contributed by atoms with Crippen molar-refractivity contribution in [1.82, 2.24) is 0 Å². The van der Waals surface area contributed by atoms with Crippen LogP contribution in [0.5, 0.6) is 0 Å². The predicted octanol–water partition coefficient (Wildman–Crippen LogP) is 15.0. The van der Waals surface area contributed by atoms with Crippen LogP contribution in [0.2, 0.25) is 0 Å². The monoisotopic (exact) mass is 728 g/mol. The maximum absolute atomic E-state index is 2.67. The minimum absolute atomic E-state index is 0.0358. The van der Waals surface area contributed by atoms with Gasteiger partial charge in [0.1, 0.15) is 0 Å². The van der Waals surface area contributed by atoms with Crippen molar-refractivity contribution in [2.75, 3.05) is 9.80 Å². The van der Waals surface area contributed by atoms with Crippen LogP contribution < -0.4 is 9.80 Å². The van der Waals surface area contributed by atoms with Crippen LogP contribution in [-0.4, -0.2) is 11.1 Å². The van der Waals surface area contributed by atoms with Crippen molar-refractivity contribution in [3.05, 3.63) is 157 Å². The number of rotatable bonds is 4. The summed E-state index contributed by atoms with van der Waals surface area (Å²) in [4.78, 5) is 5.35. The molecule has 7 aromatic rings. The van der Waals surface area contributed by atoms with Gasteiger partial charge in [-0.25, -0.2) is 0 Å². The first kappa shape index (κ1) is 34.0. The molecule has 2 heteroatoms. The third-order valence-electron chi connectivity index (χ3n) is 14.5. The second kappa shape index (κ2) is 11.6. The highest BCUT2D eigenvalue weighted by molar-refractivity contribution is 6.21. The molecule has 0 amide bonds. The van der Waals surface area contributed by atoms with Crippen molar-refractivity contribution in [3.63, 3.8) is 0 Å². The Labute approximate surface area is 332 Å². The zero-order valence-corrected chi connectivity index (χ0v) is 33.7. The lowest BCUT2D eigenvalue weighted by Crippen LogP contribution is -2.41. The summed E-state index contributed by atoms with van der Waals surface area (Å²) in [6.07, 6.45) is 4.74. The molecule has 7 aromatic carbocycles. The first-order valence-corrected chi connectivity index (χ1v) is 20.9. The number of benzene rings is 7. The van der Waals surface area contributed by atoms with E-state index in [1.54, 1.807) is 0 Å². The van der Waals surface area contributed by atoms with Crippen molar-refractivity contribution < 1.29 is 0 Å². The Morgan fingerprint density at radius 3 is 1.11 bits per heavy atom. The van der Waals surface area contributed by atoms with E-state index in [4.69, 9.17) is 0 Å². The van der Waals surface area contributed by atoms with Gasteiger partial charge in [-0.05, 0) is 154 Å². The Hall–Kier alpha value is -5.34. The zero-order valence-electron chi connectivity index (χ0n) is 33.7. The molecule has 56 heavy (non-hydrogen) atoms. The second-order valence-electron chi connectivity index (χ2n) is 19.6. The molecule has 0 N–H and O–H groups in total. The molecule has 0 bridgehead atoms. The number of anilines is 4. The number of hydrogen-bond acceptors (Lipinski definition) is 2. The van der Waals surface area contributed by atoms with Crippen LogP contribution in [0.4, 0.5) is 22.7 Å². The lowest BCUT2D eigenvalue weighted by atomic mass is 9.82. The average Bonchev–Trinajstić information content (AvgIpc) is 3.77. The van der Waals surface area contributed by atoms with Gasteiger partial charge in [0.05, 0.1) is 0 Å². The van der Waals surface area contributed by atoms with Gasteiger partial charge in [-0.1, -0.05) is 125 Å². The smallest absolute Gasteiger partial charge is 0.0497 e. The van der Waals surface area contributed by atoms with Gasteiger partial charge in [0, 0.05) is 45.7 Å². The van der Waals surface area contributed by atoms with Crippen LogP contribution in [0.25, 0.3) is 43.8 Å². The number of nitrogens with zero attached hydrogens (tertiary/aromatic N) is 2. The fraction of sp³-hybridized carbons (Fsp3) is 0.296. The minimum Gasteiger partial charge on any atom is -0.335 e. The van der Waals surface area contributed by atoms with Gasteiger partial charge in [0.2, 0.25) is 0 Å². The van der Waals surface area contributed by atoms with E-state index in [-0.39, 0.29) is 21.9 Å². The molecular formula is C54H52N2. The van der Waals surface area contributed by atoms with Crippen LogP contribution in [-0.2, 0) is 0 Å². The molecule has 2 heterocycles. The lowest BCUT2D eigenvalue weighted by Gasteiger charge is -2.38. The van der Waals surface area contributed by atoms with Crippen LogP contribution in [0, 0.1) is 10.8 Å². The maximum atomic E-state index is 2.67. The SMILES string of the molecule is CC1(C)CC2c3cc(-c4c5ccccc5c(-c5ccc6c(c5)C5CC(C)(C)CC5(C)N6c5ccccc5)c5ccccc45)ccc3N(c3ccccc3)C2(C)C1. The number of fused-ring (bicyclic) bond motifs is 8. The molecule has 4 aliphatic rings. The first-order valence-electron chi connectivity index (χ1n) is 20.9. The molecule has 2 aliphatic heterocycles. The average molecular weight is 729 g/mol. The van der Waals surface area contributed by atoms with Crippen molar-refractivity contribution >= 4 is 44.3 Å². The van der Waals surface area contributed by atoms with Crippen LogP contribution in [0.3, 0.4) is 0 Å². The highest BCUT2D eigenvalue weighted by atomic mass is 15.3. The van der Waals surface area contributed by atoms with Crippen molar-refractivity contribution in [3.8, 4) is 22.3 Å². The third kappa shape index (κ3) is 4.74. The van der Waals surface area contributed by atoms with Gasteiger partial charge in [0.25, 0.3) is 0 Å². The highest BCUT2D eigenvalue weighted by Crippen LogP contribution is 2.65. The summed E-state index contributed by atoms with van der Waals surface area (Å²) in [5.41, 5.74) is 14.3. The maximum Gasteiger partial charge on any atom is 0.0497 e. The summed E-state index contributed by atoms with van der Waals surface area (Å²) in [5.74, 6) is 0.940. The molecule has 0 saturated heterocycles. The van der Waals surface area contributed by atoms with Gasteiger partial charge < -0.3 is 9.80 Å². The van der Waals surface area contributed by atoms with E-state index < -0.39 is 0 Å². The Bertz CT molecular complexity index is 2460. The Balaban J connectivity index is 1.11. The lowest BCUT2D eigenvalue weighted by molar-refractivity contribution is 0.346. The van der Waals surface area contributed by atoms with E-state index in [9.17, 15) is 0 Å². The summed E-state index contributed by atoms with van der Waals surface area (Å²) in [5, 5.41) is 5.30. The minimum atomic E-state index is 0.0358. The summed E-state index contributed by atoms with van der Waals surface area (Å²) in [6, 6.07) is 55.5. The molecule has 2 nitrogen and oxygen atoms in total. The number of hydrogen-bond donors (Lipinski definition) is 0. The molecule has 2 saturated carbocycles. The summed E-state index contributed by atoms with van der Waals surface area (Å²) in [7, 11) is 0. The first-order chi connectivity index (χ1) is 27.0. The highest BCUT2D eigenvalue weighted by Gasteiger charge is 2.58. The van der Waals surface area contributed by atoms with E-state index in [1.165, 1.54) is 103 Å². The van der Waals surface area contributed by atoms with E-state index in [2.05, 4.69) is 197 Å². The predicted molar refractivity (Wildman–Crippen MR) is 238 cm³/mol. The number of para-hydroxylation sites is 2. The summed E-state index contributed by atoms with van der Waals surface area (Å²) >= 11 is 0. The summed E-state index contributed by atoms with van der Waals surface area (Å²) < 4.78 is 0. The van der Waals surface area contributed by atoms with E-state index in [0.29, 0.717) is 11.8 Å². The van der Waals surface area contributed by atoms with Crippen LogP contribution in [0.1, 0.15) is 90.2 Å². The largest absolute Gasteiger partial charge is 0.335 e. The van der Waals surface area contributed by atoms with Crippen LogP contribution in [0.15, 0.2) is 146 Å². The molecule has 278 valence electrons. The fourth-order valence-electron chi connectivity index (χ4n) is 12.9. The molecule has 11 rings (SSSR count). The van der Waals surface area contributed by atoms with Gasteiger partial charge >= 0.3 is 0 Å². The van der Waals surface area contributed by atoms with Crippen molar-refractivity contribution in [2.24, 2.45) is 10.8 Å². The summed E-state index contributed by atoms with van der Waals surface area (Å²) in [6.45, 7) is 14.9. The van der Waals surface area contributed by atoms with Gasteiger partial charge in [-0.2, -0.15) is 0 Å². The Morgan fingerprint density at radius 1 is 0.411 bits per heavy atom. The molecule has 0 aromatic heterocycles. The molecule has 2 aliphatic carbocycles. The van der Waals surface area contributed by atoms with Crippen LogP contribution >= 0.6 is 0 Å². The molecule has 0 spiro atoms. The van der Waals surface area contributed by atoms with Crippen molar-refractivity contribution in [1.29, 1.82) is 0 Å². The fourth-order valence-corrected chi connectivity index (χ4v) is 12.9. The topological polar surface area (TPSA) is 6.48 Å². The molecule has 4 atom stereocenters. The van der Waals surface area contributed by atoms with Gasteiger partial charge in [0.15, 0.2) is 0 Å². The molecule has 2 fully saturated rings. The molecular weight excluding hydrogens is 677 g/mol. The Morgan fingerprint density at radius 2 is 0.750 bits per heavy atom. The van der Waals surface area contributed by atoms with Gasteiger partial charge in [-0.3, -0.25) is 0 Å². The van der Waals surface area contributed by atoms with E-state index in [0.717, 1.165) is 0 Å². The normalized spacial score (nSPS) is 25.4. The zero-order chi connectivity index (χ0) is 38.2. The molecule has 0 radical (unpaired) electrons. The Kier molecular flexibility index (Phi) is 7.04. The van der Waals surface area contributed by atoms with E-state index in [1.807, 2.05) is 0 Å². The second-order valence-corrected chi connectivity index (χ2v) is 19.6. The van der Waals surface area contributed by atoms with Gasteiger partial charge in [-0.15, -0.1) is 0 Å². The molecule has 4 unspecified atom stereocenters. The quantitative estimate of drug-likeness (QED) is 0.167. The standard InChI is InChI=1S/C54H52N2/c1-51(2)31-45-43-29-35(25-27-47(43)55(53(45,5)33-51)37-17-9-7-10-18-37)49-39-21-13-15-23-41(39)50(42-24-16-14-22-40(42)49)36-26-28-48-44(30-36)46-32-52(3,4)34-54(46,6)56(48)38-19-11-8-12-20-38/h7-30,45-46H,31-34H2,1-6H3. The third-order valence-corrected chi connectivity index (χ3v) is 14.5.